The van der Waals surface area contributed by atoms with E-state index in [2.05, 4.69) is 17.6 Å². The van der Waals surface area contributed by atoms with Gasteiger partial charge in [-0.15, -0.1) is 11.3 Å². The summed E-state index contributed by atoms with van der Waals surface area (Å²) >= 11 is 1.70. The molecule has 0 radical (unpaired) electrons. The van der Waals surface area contributed by atoms with Gasteiger partial charge in [0, 0.05) is 4.88 Å². The molecular weight excluding hydrogens is 484 g/mol. The maximum atomic E-state index is 13.1. The molecule has 1 aromatic heterocycles. The number of carbonyl (C=O) groups is 2. The Morgan fingerprint density at radius 1 is 1.05 bits per heavy atom. The van der Waals surface area contributed by atoms with E-state index in [0.717, 1.165) is 46.2 Å². The molecule has 0 saturated carbocycles. The second-order valence-corrected chi connectivity index (χ2v) is 10.8. The van der Waals surface area contributed by atoms with Gasteiger partial charge in [0.25, 0.3) is 5.91 Å². The van der Waals surface area contributed by atoms with Crippen molar-refractivity contribution < 1.29 is 19.1 Å². The number of thiophene rings is 1. The van der Waals surface area contributed by atoms with Crippen LogP contribution in [-0.2, 0) is 12.8 Å². The van der Waals surface area contributed by atoms with Crippen LogP contribution in [0.1, 0.15) is 63.2 Å². The summed E-state index contributed by atoms with van der Waals surface area (Å²) in [6.45, 7) is 4.56. The van der Waals surface area contributed by atoms with Crippen LogP contribution in [0.4, 0.5) is 5.00 Å². The fraction of sp³-hybridized carbons (Fsp3) is 0.267. The van der Waals surface area contributed by atoms with E-state index in [9.17, 15) is 9.59 Å². The number of nitrogens with one attached hydrogen (secondary N) is 2. The Morgan fingerprint density at radius 3 is 2.76 bits per heavy atom. The lowest BCUT2D eigenvalue weighted by Gasteiger charge is -2.27. The van der Waals surface area contributed by atoms with Crippen molar-refractivity contribution in [3.05, 3.63) is 87.8 Å². The molecule has 7 heteroatoms. The van der Waals surface area contributed by atoms with Gasteiger partial charge in [0.1, 0.15) is 11.2 Å². The highest BCUT2D eigenvalue weighted by molar-refractivity contribution is 7.16. The summed E-state index contributed by atoms with van der Waals surface area (Å²) in [4.78, 5) is 27.6. The van der Waals surface area contributed by atoms with Crippen molar-refractivity contribution in [1.82, 2.24) is 5.32 Å². The number of carbonyl (C=O) groups excluding carboxylic acids is 2. The summed E-state index contributed by atoms with van der Waals surface area (Å²) in [5, 5.41) is 9.36. The van der Waals surface area contributed by atoms with Crippen LogP contribution in [0.3, 0.4) is 0 Å². The van der Waals surface area contributed by atoms with Gasteiger partial charge in [-0.05, 0) is 72.2 Å². The molecule has 0 unspecified atom stereocenters. The van der Waals surface area contributed by atoms with Crippen molar-refractivity contribution in [1.29, 1.82) is 0 Å². The lowest BCUT2D eigenvalue weighted by Crippen LogP contribution is -2.38. The predicted molar refractivity (Wildman–Crippen MR) is 146 cm³/mol. The van der Waals surface area contributed by atoms with Crippen molar-refractivity contribution in [2.75, 3.05) is 11.9 Å². The largest absolute Gasteiger partial charge is 0.490 e. The first-order valence-corrected chi connectivity index (χ1v) is 13.5. The highest BCUT2D eigenvalue weighted by atomic mass is 32.1. The second-order valence-electron chi connectivity index (χ2n) is 9.66. The molecule has 3 aromatic carbocycles. The Bertz CT molecular complexity index is 1520. The lowest BCUT2D eigenvalue weighted by molar-refractivity contribution is 0.0730. The van der Waals surface area contributed by atoms with Crippen LogP contribution < -0.4 is 20.1 Å². The third-order valence-electron chi connectivity index (χ3n) is 7.10. The van der Waals surface area contributed by atoms with Crippen LogP contribution in [0.5, 0.6) is 11.5 Å². The van der Waals surface area contributed by atoms with Gasteiger partial charge in [0.15, 0.2) is 11.5 Å². The predicted octanol–water partition coefficient (Wildman–Crippen LogP) is 6.50. The molecule has 37 heavy (non-hydrogen) atoms. The van der Waals surface area contributed by atoms with Crippen molar-refractivity contribution in [3.63, 3.8) is 0 Å². The zero-order chi connectivity index (χ0) is 25.5. The van der Waals surface area contributed by atoms with Crippen LogP contribution in [-0.4, -0.2) is 18.5 Å². The number of hydrogen-bond acceptors (Lipinski definition) is 6. The first-order chi connectivity index (χ1) is 18.0. The standard InChI is InChI=1S/C30H28N2O4S/c1-3-35-24-16-19(27-31-28(33)26-22-13-11-17(2)15-25(22)37-29(26)32-27)12-14-23(24)36-30(34)21-10-6-8-18-7-4-5-9-20(18)21/h4-10,12,14,16-17,27,32H,3,11,13,15H2,1-2H3,(H,31,33)/t17-,27+/m1/s1. The topological polar surface area (TPSA) is 76.7 Å². The second kappa shape index (κ2) is 9.56. The van der Waals surface area contributed by atoms with Crippen molar-refractivity contribution in [3.8, 4) is 11.5 Å². The van der Waals surface area contributed by atoms with Gasteiger partial charge in [0.05, 0.1) is 17.7 Å². The number of anilines is 1. The number of hydrogen-bond donors (Lipinski definition) is 2. The van der Waals surface area contributed by atoms with E-state index in [1.165, 1.54) is 10.4 Å². The van der Waals surface area contributed by atoms with Crippen LogP contribution >= 0.6 is 11.3 Å². The normalized spacial score (nSPS) is 18.4. The molecule has 0 bridgehead atoms. The number of ether oxygens (including phenoxy) is 2. The minimum Gasteiger partial charge on any atom is -0.490 e. The highest BCUT2D eigenvalue weighted by Crippen LogP contribution is 2.43. The molecular formula is C30H28N2O4S. The summed E-state index contributed by atoms with van der Waals surface area (Å²) in [6.07, 6.45) is 2.69. The van der Waals surface area contributed by atoms with Crippen LogP contribution in [0.25, 0.3) is 10.8 Å². The Hall–Kier alpha value is -3.84. The minimum absolute atomic E-state index is 0.0461. The average Bonchev–Trinajstić information content (AvgIpc) is 3.27. The molecule has 0 spiro atoms. The van der Waals surface area contributed by atoms with Crippen LogP contribution in [0, 0.1) is 5.92 Å². The fourth-order valence-electron chi connectivity index (χ4n) is 5.24. The summed E-state index contributed by atoms with van der Waals surface area (Å²) in [5.41, 5.74) is 3.32. The first kappa shape index (κ1) is 23.6. The number of rotatable bonds is 5. The molecule has 1 aliphatic heterocycles. The molecule has 1 aliphatic carbocycles. The van der Waals surface area contributed by atoms with Crippen molar-refractivity contribution in [2.24, 2.45) is 5.92 Å². The van der Waals surface area contributed by atoms with Gasteiger partial charge in [-0.2, -0.15) is 0 Å². The minimum atomic E-state index is -0.447. The molecule has 1 amide bonds. The van der Waals surface area contributed by atoms with Gasteiger partial charge >= 0.3 is 5.97 Å². The zero-order valence-corrected chi connectivity index (χ0v) is 21.6. The zero-order valence-electron chi connectivity index (χ0n) is 20.8. The lowest BCUT2D eigenvalue weighted by atomic mass is 9.88. The summed E-state index contributed by atoms with van der Waals surface area (Å²) in [5.74, 6) is 0.943. The smallest absolute Gasteiger partial charge is 0.344 e. The van der Waals surface area contributed by atoms with Gasteiger partial charge in [0.2, 0.25) is 0 Å². The molecule has 2 heterocycles. The molecule has 0 fully saturated rings. The van der Waals surface area contributed by atoms with E-state index in [1.807, 2.05) is 55.5 Å². The third kappa shape index (κ3) is 4.33. The fourth-order valence-corrected chi connectivity index (χ4v) is 6.68. The molecule has 188 valence electrons. The summed E-state index contributed by atoms with van der Waals surface area (Å²) < 4.78 is 11.7. The van der Waals surface area contributed by atoms with E-state index in [-0.39, 0.29) is 5.91 Å². The average molecular weight is 513 g/mol. The van der Waals surface area contributed by atoms with Crippen LogP contribution in [0.2, 0.25) is 0 Å². The van der Waals surface area contributed by atoms with Gasteiger partial charge < -0.3 is 20.1 Å². The molecule has 2 aliphatic rings. The Kier molecular flexibility index (Phi) is 6.08. The maximum Gasteiger partial charge on any atom is 0.344 e. The van der Waals surface area contributed by atoms with E-state index < -0.39 is 12.1 Å². The maximum absolute atomic E-state index is 13.1. The Labute approximate surface area is 219 Å². The monoisotopic (exact) mass is 512 g/mol. The first-order valence-electron chi connectivity index (χ1n) is 12.7. The number of esters is 1. The van der Waals surface area contributed by atoms with E-state index in [4.69, 9.17) is 9.47 Å². The SMILES string of the molecule is CCOc1cc([C@H]2NC(=O)c3c(sc4c3CC[C@@H](C)C4)N2)ccc1OC(=O)c1cccc2ccccc12. The summed E-state index contributed by atoms with van der Waals surface area (Å²) in [6, 6.07) is 18.7. The highest BCUT2D eigenvalue weighted by Gasteiger charge is 2.33. The van der Waals surface area contributed by atoms with Crippen LogP contribution in [0.15, 0.2) is 60.7 Å². The van der Waals surface area contributed by atoms with E-state index in [1.54, 1.807) is 23.5 Å². The van der Waals surface area contributed by atoms with E-state index >= 15 is 0 Å². The van der Waals surface area contributed by atoms with Crippen molar-refractivity contribution >= 4 is 39.0 Å². The number of amides is 1. The third-order valence-corrected chi connectivity index (χ3v) is 8.29. The van der Waals surface area contributed by atoms with Crippen molar-refractivity contribution in [2.45, 2.75) is 39.3 Å². The molecule has 4 aromatic rings. The Balaban J connectivity index is 1.27. The van der Waals surface area contributed by atoms with Gasteiger partial charge in [-0.3, -0.25) is 4.79 Å². The summed E-state index contributed by atoms with van der Waals surface area (Å²) in [7, 11) is 0. The van der Waals surface area contributed by atoms with E-state index in [0.29, 0.717) is 29.6 Å². The quantitative estimate of drug-likeness (QED) is 0.236. The molecule has 6 rings (SSSR count). The van der Waals surface area contributed by atoms with Gasteiger partial charge in [-0.1, -0.05) is 49.4 Å². The van der Waals surface area contributed by atoms with Gasteiger partial charge in [-0.25, -0.2) is 4.79 Å². The molecule has 6 nitrogen and oxygen atoms in total. The molecule has 0 saturated heterocycles. The number of fused-ring (bicyclic) bond motifs is 4. The molecule has 2 N–H and O–H groups in total. The molecule has 2 atom stereocenters. The Morgan fingerprint density at radius 2 is 1.89 bits per heavy atom. The number of benzene rings is 3.